The van der Waals surface area contributed by atoms with E-state index < -0.39 is 0 Å². The van der Waals surface area contributed by atoms with Gasteiger partial charge in [-0.15, -0.1) is 0 Å². The molecule has 0 atom stereocenters. The van der Waals surface area contributed by atoms with Gasteiger partial charge in [0.05, 0.1) is 11.9 Å². The highest BCUT2D eigenvalue weighted by atomic mass is 16.7. The predicted molar refractivity (Wildman–Crippen MR) is 87.7 cm³/mol. The summed E-state index contributed by atoms with van der Waals surface area (Å²) in [7, 11) is 0. The van der Waals surface area contributed by atoms with E-state index in [1.165, 1.54) is 10.8 Å². The molecular weight excluding hydrogens is 276 g/mol. The Kier molecular flexibility index (Phi) is 3.12. The molecule has 1 heterocycles. The second-order valence-electron chi connectivity index (χ2n) is 5.04. The number of nitrogens with one attached hydrogen (secondary N) is 1. The summed E-state index contributed by atoms with van der Waals surface area (Å²) in [5.41, 5.74) is 4.96. The van der Waals surface area contributed by atoms with Crippen LogP contribution in [0, 0.1) is 0 Å². The van der Waals surface area contributed by atoms with Gasteiger partial charge < -0.3 is 9.47 Å². The minimum atomic E-state index is 0.283. The zero-order valence-corrected chi connectivity index (χ0v) is 11.8. The van der Waals surface area contributed by atoms with Gasteiger partial charge in [-0.25, -0.2) is 0 Å². The van der Waals surface area contributed by atoms with Crippen molar-refractivity contribution in [3.05, 3.63) is 66.2 Å². The standard InChI is InChI=1S/C18H14N2O2/c1-2-4-15-10-16(7-6-14(15)3-1)20-19-11-13-5-8-17-18(9-13)22-12-21-17/h1-11,20H,12H2. The predicted octanol–water partition coefficient (Wildman–Crippen LogP) is 4.01. The van der Waals surface area contributed by atoms with Crippen molar-refractivity contribution in [3.63, 3.8) is 0 Å². The van der Waals surface area contributed by atoms with Gasteiger partial charge in [-0.2, -0.15) is 5.10 Å². The van der Waals surface area contributed by atoms with Gasteiger partial charge in [-0.1, -0.05) is 30.3 Å². The lowest BCUT2D eigenvalue weighted by Gasteiger charge is -2.03. The Morgan fingerprint density at radius 1 is 0.864 bits per heavy atom. The molecule has 0 radical (unpaired) electrons. The number of ether oxygens (including phenoxy) is 2. The second kappa shape index (κ2) is 5.41. The molecule has 1 aliphatic rings. The number of fused-ring (bicyclic) bond motifs is 2. The number of hydrazone groups is 1. The van der Waals surface area contributed by atoms with Crippen LogP contribution in [0.5, 0.6) is 11.5 Å². The van der Waals surface area contributed by atoms with Crippen LogP contribution in [-0.4, -0.2) is 13.0 Å². The molecular formula is C18H14N2O2. The van der Waals surface area contributed by atoms with Crippen molar-refractivity contribution in [1.82, 2.24) is 0 Å². The Morgan fingerprint density at radius 2 is 1.73 bits per heavy atom. The van der Waals surface area contributed by atoms with Crippen LogP contribution in [0.2, 0.25) is 0 Å². The van der Waals surface area contributed by atoms with Gasteiger partial charge in [0, 0.05) is 0 Å². The molecule has 0 saturated carbocycles. The first-order chi connectivity index (χ1) is 10.9. The number of nitrogens with zero attached hydrogens (tertiary/aromatic N) is 1. The maximum absolute atomic E-state index is 5.35. The van der Waals surface area contributed by atoms with Gasteiger partial charge in [-0.05, 0) is 46.7 Å². The maximum atomic E-state index is 5.35. The summed E-state index contributed by atoms with van der Waals surface area (Å²) in [6, 6.07) is 20.2. The largest absolute Gasteiger partial charge is 0.454 e. The lowest BCUT2D eigenvalue weighted by atomic mass is 10.1. The Balaban J connectivity index is 1.51. The molecule has 4 heteroatoms. The van der Waals surface area contributed by atoms with Gasteiger partial charge >= 0.3 is 0 Å². The molecule has 0 spiro atoms. The Hall–Kier alpha value is -3.01. The van der Waals surface area contributed by atoms with Crippen LogP contribution in [0.3, 0.4) is 0 Å². The Bertz CT molecular complexity index is 859. The van der Waals surface area contributed by atoms with E-state index in [4.69, 9.17) is 9.47 Å². The minimum Gasteiger partial charge on any atom is -0.454 e. The number of rotatable bonds is 3. The molecule has 108 valence electrons. The van der Waals surface area contributed by atoms with E-state index in [2.05, 4.69) is 34.8 Å². The summed E-state index contributed by atoms with van der Waals surface area (Å²) in [5, 5.41) is 6.67. The van der Waals surface area contributed by atoms with E-state index >= 15 is 0 Å². The molecule has 0 bridgehead atoms. The van der Waals surface area contributed by atoms with Crippen molar-refractivity contribution in [2.24, 2.45) is 5.10 Å². The number of hydrogen-bond acceptors (Lipinski definition) is 4. The average Bonchev–Trinajstić information content (AvgIpc) is 3.02. The molecule has 0 aromatic heterocycles. The molecule has 1 aliphatic heterocycles. The maximum Gasteiger partial charge on any atom is 0.231 e. The smallest absolute Gasteiger partial charge is 0.231 e. The molecule has 22 heavy (non-hydrogen) atoms. The third kappa shape index (κ3) is 2.46. The molecule has 4 rings (SSSR count). The van der Waals surface area contributed by atoms with Crippen molar-refractivity contribution in [2.45, 2.75) is 0 Å². The van der Waals surface area contributed by atoms with Gasteiger partial charge in [-0.3, -0.25) is 5.43 Å². The molecule has 3 aromatic carbocycles. The van der Waals surface area contributed by atoms with Gasteiger partial charge in [0.25, 0.3) is 0 Å². The summed E-state index contributed by atoms with van der Waals surface area (Å²) in [6.45, 7) is 0.283. The lowest BCUT2D eigenvalue weighted by Crippen LogP contribution is -1.93. The highest BCUT2D eigenvalue weighted by Gasteiger charge is 2.12. The fourth-order valence-electron chi connectivity index (χ4n) is 2.43. The van der Waals surface area contributed by atoms with Crippen LogP contribution in [-0.2, 0) is 0 Å². The van der Waals surface area contributed by atoms with Gasteiger partial charge in [0.2, 0.25) is 6.79 Å². The van der Waals surface area contributed by atoms with E-state index in [0.29, 0.717) is 0 Å². The Morgan fingerprint density at radius 3 is 2.68 bits per heavy atom. The molecule has 1 N–H and O–H groups in total. The fraction of sp³-hybridized carbons (Fsp3) is 0.0556. The zero-order chi connectivity index (χ0) is 14.8. The first-order valence-electron chi connectivity index (χ1n) is 7.06. The summed E-state index contributed by atoms with van der Waals surface area (Å²) in [5.74, 6) is 1.54. The third-order valence-corrected chi connectivity index (χ3v) is 3.55. The van der Waals surface area contributed by atoms with Gasteiger partial charge in [0.15, 0.2) is 11.5 Å². The SMILES string of the molecule is C(=NNc1ccc2ccccc2c1)c1ccc2c(c1)OCO2. The third-order valence-electron chi connectivity index (χ3n) is 3.55. The first kappa shape index (κ1) is 12.7. The van der Waals surface area contributed by atoms with E-state index in [1.807, 2.05) is 36.4 Å². The Labute approximate surface area is 128 Å². The van der Waals surface area contributed by atoms with Crippen molar-refractivity contribution >= 4 is 22.7 Å². The summed E-state index contributed by atoms with van der Waals surface area (Å²) in [6.07, 6.45) is 1.76. The first-order valence-corrected chi connectivity index (χ1v) is 7.06. The quantitative estimate of drug-likeness (QED) is 0.585. The molecule has 3 aromatic rings. The van der Waals surface area contributed by atoms with Crippen molar-refractivity contribution < 1.29 is 9.47 Å². The van der Waals surface area contributed by atoms with E-state index in [-0.39, 0.29) is 6.79 Å². The highest BCUT2D eigenvalue weighted by molar-refractivity contribution is 5.86. The molecule has 0 amide bonds. The molecule has 0 aliphatic carbocycles. The van der Waals surface area contributed by atoms with E-state index in [1.54, 1.807) is 6.21 Å². The van der Waals surface area contributed by atoms with Crippen LogP contribution in [0.4, 0.5) is 5.69 Å². The van der Waals surface area contributed by atoms with Crippen LogP contribution < -0.4 is 14.9 Å². The monoisotopic (exact) mass is 290 g/mol. The topological polar surface area (TPSA) is 42.9 Å². The zero-order valence-electron chi connectivity index (χ0n) is 11.8. The van der Waals surface area contributed by atoms with Crippen LogP contribution >= 0.6 is 0 Å². The summed E-state index contributed by atoms with van der Waals surface area (Å²) in [4.78, 5) is 0. The van der Waals surface area contributed by atoms with E-state index in [9.17, 15) is 0 Å². The number of benzene rings is 3. The highest BCUT2D eigenvalue weighted by Crippen LogP contribution is 2.32. The minimum absolute atomic E-state index is 0.283. The van der Waals surface area contributed by atoms with Crippen LogP contribution in [0.1, 0.15) is 5.56 Å². The van der Waals surface area contributed by atoms with Crippen molar-refractivity contribution in [3.8, 4) is 11.5 Å². The fourth-order valence-corrected chi connectivity index (χ4v) is 2.43. The van der Waals surface area contributed by atoms with Crippen molar-refractivity contribution in [1.29, 1.82) is 0 Å². The van der Waals surface area contributed by atoms with Crippen LogP contribution in [0.15, 0.2) is 65.8 Å². The lowest BCUT2D eigenvalue weighted by molar-refractivity contribution is 0.174. The number of anilines is 1. The van der Waals surface area contributed by atoms with E-state index in [0.717, 1.165) is 22.7 Å². The van der Waals surface area contributed by atoms with Gasteiger partial charge in [0.1, 0.15) is 0 Å². The molecule has 0 fully saturated rings. The van der Waals surface area contributed by atoms with Crippen molar-refractivity contribution in [2.75, 3.05) is 12.2 Å². The molecule has 0 saturated heterocycles. The molecule has 0 unspecified atom stereocenters. The van der Waals surface area contributed by atoms with Crippen LogP contribution in [0.25, 0.3) is 10.8 Å². The summed E-state index contributed by atoms with van der Waals surface area (Å²) >= 11 is 0. The number of hydrogen-bond donors (Lipinski definition) is 1. The second-order valence-corrected chi connectivity index (χ2v) is 5.04. The normalized spacial score (nSPS) is 12.9. The average molecular weight is 290 g/mol. The summed E-state index contributed by atoms with van der Waals surface area (Å²) < 4.78 is 10.6. The molecule has 4 nitrogen and oxygen atoms in total.